The van der Waals surface area contributed by atoms with Crippen LogP contribution < -0.4 is 5.32 Å². The number of benzene rings is 1. The number of carbonyl (C=O) groups excluding carboxylic acids is 1. The lowest BCUT2D eigenvalue weighted by Gasteiger charge is -2.09. The van der Waals surface area contributed by atoms with Crippen LogP contribution >= 0.6 is 0 Å². The van der Waals surface area contributed by atoms with E-state index in [1.165, 1.54) is 7.11 Å². The molecule has 0 radical (unpaired) electrons. The maximum Gasteiger partial charge on any atom is 0.253 e. The first-order chi connectivity index (χ1) is 6.24. The van der Waals surface area contributed by atoms with Crippen LogP contribution in [-0.2, 0) is 9.53 Å². The predicted molar refractivity (Wildman–Crippen MR) is 51.5 cm³/mol. The molecule has 70 valence electrons. The number of hydrogen-bond acceptors (Lipinski definition) is 2. The van der Waals surface area contributed by atoms with E-state index in [0.717, 1.165) is 5.69 Å². The van der Waals surface area contributed by atoms with Crippen LogP contribution in [0.3, 0.4) is 0 Å². The van der Waals surface area contributed by atoms with Gasteiger partial charge in [0.25, 0.3) is 5.91 Å². The summed E-state index contributed by atoms with van der Waals surface area (Å²) in [6, 6.07) is 9.30. The Morgan fingerprint density at radius 1 is 1.38 bits per heavy atom. The molecule has 1 amide bonds. The zero-order chi connectivity index (χ0) is 9.68. The van der Waals surface area contributed by atoms with Crippen molar-refractivity contribution in [2.45, 2.75) is 13.0 Å². The molecular weight excluding hydrogens is 166 g/mol. The third-order valence-electron chi connectivity index (χ3n) is 1.76. The van der Waals surface area contributed by atoms with Crippen molar-refractivity contribution in [1.29, 1.82) is 0 Å². The summed E-state index contributed by atoms with van der Waals surface area (Å²) in [7, 11) is 1.51. The van der Waals surface area contributed by atoms with Gasteiger partial charge in [0.1, 0.15) is 6.10 Å². The molecular formula is C10H13NO2. The van der Waals surface area contributed by atoms with Crippen LogP contribution in [0.4, 0.5) is 5.69 Å². The van der Waals surface area contributed by atoms with E-state index < -0.39 is 6.10 Å². The standard InChI is InChI=1S/C10H13NO2/c1-8(13-2)10(12)11-9-6-4-3-5-7-9/h3-8H,1-2H3,(H,11,12)/t8-/m0/s1. The van der Waals surface area contributed by atoms with Gasteiger partial charge < -0.3 is 10.1 Å². The number of carbonyl (C=O) groups is 1. The molecule has 13 heavy (non-hydrogen) atoms. The van der Waals surface area contributed by atoms with Gasteiger partial charge in [-0.2, -0.15) is 0 Å². The normalized spacial score (nSPS) is 12.2. The van der Waals surface area contributed by atoms with Gasteiger partial charge in [-0.25, -0.2) is 0 Å². The van der Waals surface area contributed by atoms with Crippen LogP contribution in [0.1, 0.15) is 6.92 Å². The quantitative estimate of drug-likeness (QED) is 0.766. The fraction of sp³-hybridized carbons (Fsp3) is 0.300. The monoisotopic (exact) mass is 179 g/mol. The molecule has 0 unspecified atom stereocenters. The lowest BCUT2D eigenvalue weighted by Crippen LogP contribution is -2.26. The van der Waals surface area contributed by atoms with Crippen molar-refractivity contribution in [3.8, 4) is 0 Å². The number of para-hydroxylation sites is 1. The van der Waals surface area contributed by atoms with E-state index in [9.17, 15) is 4.79 Å². The van der Waals surface area contributed by atoms with Crippen LogP contribution in [0.25, 0.3) is 0 Å². The van der Waals surface area contributed by atoms with Gasteiger partial charge in [0.05, 0.1) is 0 Å². The molecule has 3 nitrogen and oxygen atoms in total. The highest BCUT2D eigenvalue weighted by Gasteiger charge is 2.10. The fourth-order valence-electron chi connectivity index (χ4n) is 0.872. The van der Waals surface area contributed by atoms with Crippen molar-refractivity contribution in [2.24, 2.45) is 0 Å². The number of hydrogen-bond donors (Lipinski definition) is 1. The number of methoxy groups -OCH3 is 1. The maximum absolute atomic E-state index is 11.3. The maximum atomic E-state index is 11.3. The molecule has 0 heterocycles. The average molecular weight is 179 g/mol. The van der Waals surface area contributed by atoms with E-state index in [1.54, 1.807) is 6.92 Å². The van der Waals surface area contributed by atoms with Crippen molar-refractivity contribution in [3.63, 3.8) is 0 Å². The average Bonchev–Trinajstić information content (AvgIpc) is 2.18. The molecule has 0 aromatic heterocycles. The van der Waals surface area contributed by atoms with E-state index in [0.29, 0.717) is 0 Å². The molecule has 1 aromatic carbocycles. The van der Waals surface area contributed by atoms with Crippen LogP contribution in [0.5, 0.6) is 0 Å². The molecule has 0 aliphatic carbocycles. The van der Waals surface area contributed by atoms with Gasteiger partial charge in [0, 0.05) is 12.8 Å². The molecule has 0 fully saturated rings. The summed E-state index contributed by atoms with van der Waals surface area (Å²) < 4.78 is 4.87. The minimum atomic E-state index is -0.416. The van der Waals surface area contributed by atoms with Crippen LogP contribution in [0.2, 0.25) is 0 Å². The number of anilines is 1. The van der Waals surface area contributed by atoms with Crippen LogP contribution in [0, 0.1) is 0 Å². The SMILES string of the molecule is CO[C@@H](C)C(=O)Nc1ccccc1. The summed E-state index contributed by atoms with van der Waals surface area (Å²) in [6.45, 7) is 1.71. The molecule has 3 heteroatoms. The third kappa shape index (κ3) is 2.87. The number of rotatable bonds is 3. The minimum Gasteiger partial charge on any atom is -0.372 e. The van der Waals surface area contributed by atoms with Gasteiger partial charge in [-0.05, 0) is 19.1 Å². The van der Waals surface area contributed by atoms with Crippen LogP contribution in [-0.4, -0.2) is 19.1 Å². The number of amides is 1. The lowest BCUT2D eigenvalue weighted by molar-refractivity contribution is -0.124. The summed E-state index contributed by atoms with van der Waals surface area (Å²) >= 11 is 0. The Bertz CT molecular complexity index is 272. The molecule has 0 saturated heterocycles. The van der Waals surface area contributed by atoms with Gasteiger partial charge in [-0.3, -0.25) is 4.79 Å². The molecule has 0 spiro atoms. The summed E-state index contributed by atoms with van der Waals surface area (Å²) in [5.41, 5.74) is 0.788. The van der Waals surface area contributed by atoms with Gasteiger partial charge in [-0.1, -0.05) is 18.2 Å². The van der Waals surface area contributed by atoms with E-state index in [1.807, 2.05) is 30.3 Å². The topological polar surface area (TPSA) is 38.3 Å². The van der Waals surface area contributed by atoms with E-state index in [4.69, 9.17) is 4.74 Å². The molecule has 0 saturated carbocycles. The fourth-order valence-corrected chi connectivity index (χ4v) is 0.872. The Kier molecular flexibility index (Phi) is 3.46. The largest absolute Gasteiger partial charge is 0.372 e. The van der Waals surface area contributed by atoms with E-state index in [-0.39, 0.29) is 5.91 Å². The van der Waals surface area contributed by atoms with Crippen molar-refractivity contribution in [2.75, 3.05) is 12.4 Å². The summed E-state index contributed by atoms with van der Waals surface area (Å²) in [5, 5.41) is 2.73. The molecule has 0 bridgehead atoms. The second kappa shape index (κ2) is 4.62. The second-order valence-corrected chi connectivity index (χ2v) is 2.73. The number of nitrogens with one attached hydrogen (secondary N) is 1. The van der Waals surface area contributed by atoms with E-state index >= 15 is 0 Å². The van der Waals surface area contributed by atoms with Crippen molar-refractivity contribution >= 4 is 11.6 Å². The zero-order valence-electron chi connectivity index (χ0n) is 7.78. The molecule has 0 aliphatic heterocycles. The zero-order valence-corrected chi connectivity index (χ0v) is 7.78. The first-order valence-electron chi connectivity index (χ1n) is 4.12. The molecule has 0 aliphatic rings. The highest BCUT2D eigenvalue weighted by Crippen LogP contribution is 2.05. The molecule has 1 aromatic rings. The Hall–Kier alpha value is -1.35. The van der Waals surface area contributed by atoms with Gasteiger partial charge in [-0.15, -0.1) is 0 Å². The Balaban J connectivity index is 2.55. The molecule has 1 N–H and O–H groups in total. The highest BCUT2D eigenvalue weighted by molar-refractivity contribution is 5.93. The Morgan fingerprint density at radius 3 is 2.54 bits per heavy atom. The first-order valence-corrected chi connectivity index (χ1v) is 4.12. The number of ether oxygens (including phenoxy) is 1. The third-order valence-corrected chi connectivity index (χ3v) is 1.76. The Morgan fingerprint density at radius 2 is 2.00 bits per heavy atom. The summed E-state index contributed by atoms with van der Waals surface area (Å²) in [5.74, 6) is -0.131. The van der Waals surface area contributed by atoms with Gasteiger partial charge in [0.2, 0.25) is 0 Å². The lowest BCUT2D eigenvalue weighted by atomic mass is 10.3. The van der Waals surface area contributed by atoms with Crippen molar-refractivity contribution in [1.82, 2.24) is 0 Å². The van der Waals surface area contributed by atoms with Gasteiger partial charge >= 0.3 is 0 Å². The molecule has 1 rings (SSSR count). The predicted octanol–water partition coefficient (Wildman–Crippen LogP) is 1.66. The minimum absolute atomic E-state index is 0.131. The van der Waals surface area contributed by atoms with Crippen LogP contribution in [0.15, 0.2) is 30.3 Å². The second-order valence-electron chi connectivity index (χ2n) is 2.73. The van der Waals surface area contributed by atoms with Crippen molar-refractivity contribution in [3.05, 3.63) is 30.3 Å². The Labute approximate surface area is 77.7 Å². The first kappa shape index (κ1) is 9.74. The highest BCUT2D eigenvalue weighted by atomic mass is 16.5. The smallest absolute Gasteiger partial charge is 0.253 e. The summed E-state index contributed by atoms with van der Waals surface area (Å²) in [4.78, 5) is 11.3. The van der Waals surface area contributed by atoms with Crippen molar-refractivity contribution < 1.29 is 9.53 Å². The van der Waals surface area contributed by atoms with Gasteiger partial charge in [0.15, 0.2) is 0 Å². The summed E-state index contributed by atoms with van der Waals surface area (Å²) in [6.07, 6.45) is -0.416. The van der Waals surface area contributed by atoms with E-state index in [2.05, 4.69) is 5.32 Å². The molecule has 1 atom stereocenters.